The fraction of sp³-hybridized carbons (Fsp3) is 0.500. The third-order valence-electron chi connectivity index (χ3n) is 3.04. The van der Waals surface area contributed by atoms with Gasteiger partial charge < -0.3 is 14.8 Å². The Morgan fingerprint density at radius 1 is 1.28 bits per heavy atom. The van der Waals surface area contributed by atoms with Crippen LogP contribution in [0.5, 0.6) is 11.5 Å². The minimum absolute atomic E-state index is 0.324. The predicted octanol–water partition coefficient (Wildman–Crippen LogP) is 2.16. The van der Waals surface area contributed by atoms with E-state index in [0.29, 0.717) is 13.2 Å². The number of nitrogens with one attached hydrogen (secondary N) is 1. The number of hydrogen-bond acceptors (Lipinski definition) is 4. The van der Waals surface area contributed by atoms with Crippen molar-refractivity contribution in [1.82, 2.24) is 5.32 Å². The van der Waals surface area contributed by atoms with E-state index in [1.807, 2.05) is 6.07 Å². The summed E-state index contributed by atoms with van der Waals surface area (Å²) in [7, 11) is 0. The number of nitriles is 1. The molecule has 2 rings (SSSR count). The molecule has 4 nitrogen and oxygen atoms in total. The first kappa shape index (κ1) is 12.7. The fourth-order valence-corrected chi connectivity index (χ4v) is 2.00. The Morgan fingerprint density at radius 3 is 2.83 bits per heavy atom. The van der Waals surface area contributed by atoms with Crippen LogP contribution in [0.25, 0.3) is 0 Å². The van der Waals surface area contributed by atoms with Gasteiger partial charge in [-0.15, -0.1) is 0 Å². The molecular formula is C14H18N2O2. The van der Waals surface area contributed by atoms with Gasteiger partial charge in [0.15, 0.2) is 11.5 Å². The Labute approximate surface area is 108 Å². The quantitative estimate of drug-likeness (QED) is 0.781. The molecular weight excluding hydrogens is 228 g/mol. The van der Waals surface area contributed by atoms with Crippen LogP contribution in [-0.4, -0.2) is 19.9 Å². The van der Waals surface area contributed by atoms with E-state index in [2.05, 4.69) is 24.4 Å². The smallest absolute Gasteiger partial charge is 0.231 e. The van der Waals surface area contributed by atoms with Crippen molar-refractivity contribution in [3.63, 3.8) is 0 Å². The first-order valence-electron chi connectivity index (χ1n) is 6.28. The molecule has 1 aliphatic heterocycles. The molecule has 1 aromatic carbocycles. The average molecular weight is 246 g/mol. The highest BCUT2D eigenvalue weighted by Crippen LogP contribution is 2.34. The van der Waals surface area contributed by atoms with Gasteiger partial charge in [0, 0.05) is 6.42 Å². The SMILES string of the molecule is Cc1cc2c(cc1CCNCCCC#N)OCO2. The van der Waals surface area contributed by atoms with Crippen LogP contribution in [0.15, 0.2) is 12.1 Å². The van der Waals surface area contributed by atoms with Crippen molar-refractivity contribution in [1.29, 1.82) is 5.26 Å². The van der Waals surface area contributed by atoms with Crippen LogP contribution in [0.1, 0.15) is 24.0 Å². The molecule has 0 aromatic heterocycles. The summed E-state index contributed by atoms with van der Waals surface area (Å²) >= 11 is 0. The van der Waals surface area contributed by atoms with E-state index in [1.54, 1.807) is 0 Å². The first-order chi connectivity index (χ1) is 8.81. The second-order valence-corrected chi connectivity index (χ2v) is 4.39. The molecule has 0 saturated carbocycles. The average Bonchev–Trinajstić information content (AvgIpc) is 2.80. The molecule has 0 fully saturated rings. The van der Waals surface area contributed by atoms with E-state index in [0.717, 1.165) is 37.4 Å². The van der Waals surface area contributed by atoms with Gasteiger partial charge in [-0.1, -0.05) is 0 Å². The molecule has 0 saturated heterocycles. The molecule has 96 valence electrons. The number of unbranched alkanes of at least 4 members (excludes halogenated alkanes) is 1. The van der Waals surface area contributed by atoms with Crippen LogP contribution in [0, 0.1) is 18.3 Å². The summed E-state index contributed by atoms with van der Waals surface area (Å²) in [6.45, 7) is 4.24. The molecule has 18 heavy (non-hydrogen) atoms. The highest BCUT2D eigenvalue weighted by Gasteiger charge is 2.15. The number of aryl methyl sites for hydroxylation is 1. The molecule has 1 N–H and O–H groups in total. The van der Waals surface area contributed by atoms with Gasteiger partial charge in [-0.2, -0.15) is 5.26 Å². The van der Waals surface area contributed by atoms with E-state index in [-0.39, 0.29) is 0 Å². The molecule has 1 aromatic rings. The van der Waals surface area contributed by atoms with E-state index in [4.69, 9.17) is 14.7 Å². The maximum atomic E-state index is 8.42. The lowest BCUT2D eigenvalue weighted by Gasteiger charge is -2.08. The van der Waals surface area contributed by atoms with Crippen LogP contribution >= 0.6 is 0 Å². The molecule has 1 heterocycles. The zero-order chi connectivity index (χ0) is 12.8. The van der Waals surface area contributed by atoms with Crippen LogP contribution in [0.3, 0.4) is 0 Å². The maximum absolute atomic E-state index is 8.42. The topological polar surface area (TPSA) is 54.3 Å². The molecule has 0 radical (unpaired) electrons. The Kier molecular flexibility index (Phi) is 4.43. The summed E-state index contributed by atoms with van der Waals surface area (Å²) in [4.78, 5) is 0. The summed E-state index contributed by atoms with van der Waals surface area (Å²) in [5.41, 5.74) is 2.52. The lowest BCUT2D eigenvalue weighted by atomic mass is 10.0. The largest absolute Gasteiger partial charge is 0.454 e. The zero-order valence-corrected chi connectivity index (χ0v) is 10.7. The molecule has 0 bridgehead atoms. The number of benzene rings is 1. The first-order valence-corrected chi connectivity index (χ1v) is 6.28. The third kappa shape index (κ3) is 3.14. The van der Waals surface area contributed by atoms with Crippen molar-refractivity contribution in [2.45, 2.75) is 26.2 Å². The Bertz CT molecular complexity index is 452. The summed E-state index contributed by atoms with van der Waals surface area (Å²) in [6.07, 6.45) is 2.50. The Hall–Kier alpha value is -1.73. The number of ether oxygens (including phenoxy) is 2. The van der Waals surface area contributed by atoms with Crippen molar-refractivity contribution < 1.29 is 9.47 Å². The molecule has 0 spiro atoms. The molecule has 0 aliphatic carbocycles. The summed E-state index contributed by atoms with van der Waals surface area (Å²) < 4.78 is 10.7. The summed E-state index contributed by atoms with van der Waals surface area (Å²) in [6, 6.07) is 6.24. The van der Waals surface area contributed by atoms with Gasteiger partial charge in [-0.25, -0.2) is 0 Å². The van der Waals surface area contributed by atoms with E-state index in [9.17, 15) is 0 Å². The second kappa shape index (κ2) is 6.27. The molecule has 0 atom stereocenters. The fourth-order valence-electron chi connectivity index (χ4n) is 2.00. The van der Waals surface area contributed by atoms with Gasteiger partial charge in [0.2, 0.25) is 6.79 Å². The van der Waals surface area contributed by atoms with Crippen molar-refractivity contribution >= 4 is 0 Å². The van der Waals surface area contributed by atoms with Gasteiger partial charge in [0.05, 0.1) is 6.07 Å². The summed E-state index contributed by atoms with van der Waals surface area (Å²) in [5.74, 6) is 1.69. The monoisotopic (exact) mass is 246 g/mol. The molecule has 0 unspecified atom stereocenters. The number of fused-ring (bicyclic) bond motifs is 1. The Morgan fingerprint density at radius 2 is 2.06 bits per heavy atom. The highest BCUT2D eigenvalue weighted by molar-refractivity contribution is 5.48. The van der Waals surface area contributed by atoms with E-state index in [1.165, 1.54) is 11.1 Å². The van der Waals surface area contributed by atoms with Crippen LogP contribution in [0.4, 0.5) is 0 Å². The van der Waals surface area contributed by atoms with Gasteiger partial charge in [-0.05, 0) is 56.1 Å². The normalized spacial score (nSPS) is 12.4. The van der Waals surface area contributed by atoms with Crippen LogP contribution in [-0.2, 0) is 6.42 Å². The third-order valence-corrected chi connectivity index (χ3v) is 3.04. The number of rotatable bonds is 6. The maximum Gasteiger partial charge on any atom is 0.231 e. The summed E-state index contributed by atoms with van der Waals surface area (Å²) in [5, 5.41) is 11.8. The second-order valence-electron chi connectivity index (χ2n) is 4.39. The Balaban J connectivity index is 1.81. The van der Waals surface area contributed by atoms with Gasteiger partial charge in [-0.3, -0.25) is 0 Å². The van der Waals surface area contributed by atoms with Crippen molar-refractivity contribution in [3.8, 4) is 17.6 Å². The van der Waals surface area contributed by atoms with E-state index < -0.39 is 0 Å². The lowest BCUT2D eigenvalue weighted by Crippen LogP contribution is -2.18. The molecule has 1 aliphatic rings. The van der Waals surface area contributed by atoms with Gasteiger partial charge in [0.1, 0.15) is 0 Å². The molecule has 4 heteroatoms. The van der Waals surface area contributed by atoms with Crippen LogP contribution < -0.4 is 14.8 Å². The van der Waals surface area contributed by atoms with Crippen LogP contribution in [0.2, 0.25) is 0 Å². The van der Waals surface area contributed by atoms with Crippen molar-refractivity contribution in [2.24, 2.45) is 0 Å². The lowest BCUT2D eigenvalue weighted by molar-refractivity contribution is 0.174. The zero-order valence-electron chi connectivity index (χ0n) is 10.7. The number of nitrogens with zero attached hydrogens (tertiary/aromatic N) is 1. The van der Waals surface area contributed by atoms with E-state index >= 15 is 0 Å². The predicted molar refractivity (Wildman–Crippen MR) is 68.7 cm³/mol. The standard InChI is InChI=1S/C14H18N2O2/c1-11-8-13-14(18-10-17-13)9-12(11)4-7-16-6-3-2-5-15/h8-9,16H,2-4,6-7,10H2,1H3. The minimum atomic E-state index is 0.324. The molecule has 0 amide bonds. The minimum Gasteiger partial charge on any atom is -0.454 e. The van der Waals surface area contributed by atoms with Crippen molar-refractivity contribution in [2.75, 3.05) is 19.9 Å². The highest BCUT2D eigenvalue weighted by atomic mass is 16.7. The van der Waals surface area contributed by atoms with Gasteiger partial charge in [0.25, 0.3) is 0 Å². The number of hydrogen-bond donors (Lipinski definition) is 1. The van der Waals surface area contributed by atoms with Crippen molar-refractivity contribution in [3.05, 3.63) is 23.3 Å². The van der Waals surface area contributed by atoms with Gasteiger partial charge >= 0.3 is 0 Å².